The topological polar surface area (TPSA) is 64.4 Å². The number of halogens is 1. The minimum Gasteiger partial charge on any atom is -0.370 e. The van der Waals surface area contributed by atoms with Gasteiger partial charge in [-0.15, -0.1) is 12.4 Å². The van der Waals surface area contributed by atoms with Gasteiger partial charge in [-0.25, -0.2) is 0 Å². The summed E-state index contributed by atoms with van der Waals surface area (Å²) in [6.45, 7) is 2.74. The molecule has 0 saturated heterocycles. The van der Waals surface area contributed by atoms with Gasteiger partial charge in [-0.2, -0.15) is 0 Å². The van der Waals surface area contributed by atoms with Crippen molar-refractivity contribution in [2.24, 2.45) is 16.5 Å². The van der Waals surface area contributed by atoms with Gasteiger partial charge in [-0.05, 0) is 5.56 Å². The molecule has 0 aliphatic heterocycles. The third-order valence-electron chi connectivity index (χ3n) is 1.92. The quantitative estimate of drug-likeness (QED) is 0.590. The van der Waals surface area contributed by atoms with Crippen LogP contribution in [0, 0.1) is 0 Å². The molecule has 14 heavy (non-hydrogen) atoms. The van der Waals surface area contributed by atoms with Crippen molar-refractivity contribution >= 4 is 18.4 Å². The fraction of sp³-hybridized carbons (Fsp3) is 0.300. The van der Waals surface area contributed by atoms with Crippen molar-refractivity contribution in [1.82, 2.24) is 0 Å². The first-order chi connectivity index (χ1) is 6.20. The number of rotatable bonds is 3. The first kappa shape index (κ1) is 12.8. The lowest BCUT2D eigenvalue weighted by Gasteiger charge is -2.07. The molecule has 0 unspecified atom stereocenters. The maximum atomic E-state index is 5.25. The van der Waals surface area contributed by atoms with Gasteiger partial charge in [0.2, 0.25) is 0 Å². The molecule has 0 aromatic heterocycles. The maximum absolute atomic E-state index is 5.25. The molecular weight excluding hydrogens is 198 g/mol. The van der Waals surface area contributed by atoms with Crippen molar-refractivity contribution in [3.8, 4) is 0 Å². The van der Waals surface area contributed by atoms with E-state index in [4.69, 9.17) is 11.5 Å². The number of hydrogen-bond acceptors (Lipinski definition) is 1. The average Bonchev–Trinajstić information content (AvgIpc) is 2.15. The summed E-state index contributed by atoms with van der Waals surface area (Å²) < 4.78 is 0. The normalized spacial score (nSPS) is 11.2. The Morgan fingerprint density at radius 3 is 2.36 bits per heavy atom. The zero-order valence-electron chi connectivity index (χ0n) is 8.18. The number of guanidine groups is 1. The fourth-order valence-electron chi connectivity index (χ4n) is 1.13. The van der Waals surface area contributed by atoms with Gasteiger partial charge in [0.15, 0.2) is 5.96 Å². The van der Waals surface area contributed by atoms with E-state index < -0.39 is 0 Å². The minimum atomic E-state index is 0. The third-order valence-corrected chi connectivity index (χ3v) is 1.92. The summed E-state index contributed by atoms with van der Waals surface area (Å²) >= 11 is 0. The molecule has 3 nitrogen and oxygen atoms in total. The monoisotopic (exact) mass is 213 g/mol. The van der Waals surface area contributed by atoms with Crippen molar-refractivity contribution in [3.63, 3.8) is 0 Å². The van der Waals surface area contributed by atoms with Gasteiger partial charge >= 0.3 is 0 Å². The Morgan fingerprint density at radius 1 is 1.29 bits per heavy atom. The molecule has 0 fully saturated rings. The molecular formula is C10H16ClN3. The number of hydrogen-bond donors (Lipinski definition) is 2. The van der Waals surface area contributed by atoms with Crippen LogP contribution in [0.3, 0.4) is 0 Å². The zero-order valence-corrected chi connectivity index (χ0v) is 9.00. The van der Waals surface area contributed by atoms with Crippen LogP contribution in [0.25, 0.3) is 0 Å². The van der Waals surface area contributed by atoms with Crippen LogP contribution in [-0.4, -0.2) is 12.5 Å². The summed E-state index contributed by atoms with van der Waals surface area (Å²) in [6.07, 6.45) is 0. The summed E-state index contributed by atoms with van der Waals surface area (Å²) in [5, 5.41) is 0. The molecule has 0 aliphatic rings. The molecule has 1 atom stereocenters. The highest BCUT2D eigenvalue weighted by atomic mass is 35.5. The van der Waals surface area contributed by atoms with E-state index >= 15 is 0 Å². The van der Waals surface area contributed by atoms with E-state index in [2.05, 4.69) is 24.0 Å². The average molecular weight is 214 g/mol. The van der Waals surface area contributed by atoms with Crippen LogP contribution in [-0.2, 0) is 0 Å². The van der Waals surface area contributed by atoms with Gasteiger partial charge in [0.1, 0.15) is 0 Å². The Morgan fingerprint density at radius 2 is 1.86 bits per heavy atom. The van der Waals surface area contributed by atoms with Crippen LogP contribution in [0.1, 0.15) is 18.4 Å². The predicted molar refractivity (Wildman–Crippen MR) is 62.8 cm³/mol. The summed E-state index contributed by atoms with van der Waals surface area (Å²) in [5.41, 5.74) is 11.8. The van der Waals surface area contributed by atoms with Crippen molar-refractivity contribution < 1.29 is 0 Å². The minimum absolute atomic E-state index is 0. The molecule has 0 heterocycles. The molecule has 4 heteroatoms. The lowest BCUT2D eigenvalue weighted by Crippen LogP contribution is -2.23. The maximum Gasteiger partial charge on any atom is 0.185 e. The predicted octanol–water partition coefficient (Wildman–Crippen LogP) is 1.49. The van der Waals surface area contributed by atoms with Crippen LogP contribution < -0.4 is 11.5 Å². The second-order valence-corrected chi connectivity index (χ2v) is 3.08. The Kier molecular flexibility index (Phi) is 5.72. The van der Waals surface area contributed by atoms with Crippen molar-refractivity contribution in [2.45, 2.75) is 12.8 Å². The molecule has 0 saturated carbocycles. The van der Waals surface area contributed by atoms with Crippen LogP contribution in [0.2, 0.25) is 0 Å². The third kappa shape index (κ3) is 4.14. The molecule has 0 aliphatic carbocycles. The van der Waals surface area contributed by atoms with Crippen LogP contribution >= 0.6 is 12.4 Å². The number of nitrogens with two attached hydrogens (primary N) is 2. The molecule has 1 rings (SSSR count). The van der Waals surface area contributed by atoms with Gasteiger partial charge in [-0.3, -0.25) is 4.99 Å². The SMILES string of the molecule is C[C@H](CN=C(N)N)c1ccccc1.Cl. The standard InChI is InChI=1S/C10H15N3.ClH/c1-8(7-13-10(11)12)9-5-3-2-4-6-9;/h2-6,8H,7H2,1H3,(H4,11,12,13);1H/t8-;/m1./s1. The molecule has 0 bridgehead atoms. The van der Waals surface area contributed by atoms with Crippen LogP contribution in [0.4, 0.5) is 0 Å². The lowest BCUT2D eigenvalue weighted by atomic mass is 10.0. The van der Waals surface area contributed by atoms with Crippen molar-refractivity contribution in [3.05, 3.63) is 35.9 Å². The first-order valence-electron chi connectivity index (χ1n) is 4.30. The van der Waals surface area contributed by atoms with E-state index in [1.165, 1.54) is 5.56 Å². The fourth-order valence-corrected chi connectivity index (χ4v) is 1.13. The Bertz CT molecular complexity index is 281. The smallest absolute Gasteiger partial charge is 0.185 e. The highest BCUT2D eigenvalue weighted by molar-refractivity contribution is 5.85. The largest absolute Gasteiger partial charge is 0.370 e. The van der Waals surface area contributed by atoms with Gasteiger partial charge < -0.3 is 11.5 Å². The van der Waals surface area contributed by atoms with Crippen LogP contribution in [0.5, 0.6) is 0 Å². The van der Waals surface area contributed by atoms with E-state index in [-0.39, 0.29) is 18.4 Å². The Hall–Kier alpha value is -1.22. The van der Waals surface area contributed by atoms with E-state index in [1.54, 1.807) is 0 Å². The van der Waals surface area contributed by atoms with Gasteiger partial charge in [0.05, 0.1) is 0 Å². The van der Waals surface area contributed by atoms with Gasteiger partial charge in [0.25, 0.3) is 0 Å². The second kappa shape index (κ2) is 6.27. The van der Waals surface area contributed by atoms with Gasteiger partial charge in [0, 0.05) is 12.5 Å². The number of nitrogens with zero attached hydrogens (tertiary/aromatic N) is 1. The Balaban J connectivity index is 0.00000169. The van der Waals surface area contributed by atoms with E-state index in [0.717, 1.165) is 0 Å². The number of aliphatic imine (C=N–C) groups is 1. The van der Waals surface area contributed by atoms with E-state index in [0.29, 0.717) is 12.5 Å². The first-order valence-corrected chi connectivity index (χ1v) is 4.30. The summed E-state index contributed by atoms with van der Waals surface area (Å²) in [4.78, 5) is 3.97. The van der Waals surface area contributed by atoms with E-state index in [9.17, 15) is 0 Å². The molecule has 0 amide bonds. The van der Waals surface area contributed by atoms with Crippen molar-refractivity contribution in [2.75, 3.05) is 6.54 Å². The molecule has 4 N–H and O–H groups in total. The molecule has 0 spiro atoms. The highest BCUT2D eigenvalue weighted by Gasteiger charge is 2.02. The molecule has 1 aromatic carbocycles. The van der Waals surface area contributed by atoms with Crippen molar-refractivity contribution in [1.29, 1.82) is 0 Å². The zero-order chi connectivity index (χ0) is 9.68. The lowest BCUT2D eigenvalue weighted by molar-refractivity contribution is 0.773. The summed E-state index contributed by atoms with van der Waals surface area (Å²) in [6, 6.07) is 10.2. The molecule has 78 valence electrons. The second-order valence-electron chi connectivity index (χ2n) is 3.08. The molecule has 1 aromatic rings. The van der Waals surface area contributed by atoms with Crippen LogP contribution in [0.15, 0.2) is 35.3 Å². The van der Waals surface area contributed by atoms with Gasteiger partial charge in [-0.1, -0.05) is 37.3 Å². The Labute approximate surface area is 90.6 Å². The molecule has 0 radical (unpaired) electrons. The summed E-state index contributed by atoms with van der Waals surface area (Å²) in [7, 11) is 0. The highest BCUT2D eigenvalue weighted by Crippen LogP contribution is 2.13. The van der Waals surface area contributed by atoms with E-state index in [1.807, 2.05) is 18.2 Å². The number of benzene rings is 1. The summed E-state index contributed by atoms with van der Waals surface area (Å²) in [5.74, 6) is 0.520.